The highest BCUT2D eigenvalue weighted by atomic mass is 16.6. The van der Waals surface area contributed by atoms with Crippen LogP contribution in [0.5, 0.6) is 11.6 Å². The number of carbonyl (C=O) groups excluding carboxylic acids is 2. The first-order valence-corrected chi connectivity index (χ1v) is 11.7. The molecule has 10 nitrogen and oxygen atoms in total. The highest BCUT2D eigenvalue weighted by Gasteiger charge is 2.30. The van der Waals surface area contributed by atoms with Crippen molar-refractivity contribution in [2.45, 2.75) is 12.1 Å². The van der Waals surface area contributed by atoms with E-state index in [2.05, 4.69) is 20.6 Å². The molecule has 0 aliphatic rings. The van der Waals surface area contributed by atoms with E-state index < -0.39 is 24.1 Å². The maximum atomic E-state index is 13.0. The number of nitrogen functional groups attached to an aromatic ring is 1. The van der Waals surface area contributed by atoms with Crippen molar-refractivity contribution in [1.82, 2.24) is 15.3 Å². The van der Waals surface area contributed by atoms with E-state index in [9.17, 15) is 14.7 Å². The molecule has 3 aromatic carbocycles. The quantitative estimate of drug-likeness (QED) is 0.220. The van der Waals surface area contributed by atoms with Gasteiger partial charge in [-0.1, -0.05) is 30.3 Å². The molecule has 0 spiro atoms. The first-order chi connectivity index (χ1) is 18.4. The van der Waals surface area contributed by atoms with Gasteiger partial charge in [-0.2, -0.15) is 0 Å². The van der Waals surface area contributed by atoms with E-state index in [1.54, 1.807) is 92.2 Å². The van der Waals surface area contributed by atoms with Crippen LogP contribution in [0.2, 0.25) is 0 Å². The van der Waals surface area contributed by atoms with E-state index in [1.807, 2.05) is 0 Å². The van der Waals surface area contributed by atoms with Crippen LogP contribution in [0.4, 0.5) is 16.3 Å². The second-order valence-electron chi connectivity index (χ2n) is 8.58. The molecule has 0 bridgehead atoms. The second kappa shape index (κ2) is 10.5. The zero-order chi connectivity index (χ0) is 26.6. The summed E-state index contributed by atoms with van der Waals surface area (Å²) in [7, 11) is 1.57. The van der Waals surface area contributed by atoms with Crippen LogP contribution in [0.15, 0.2) is 85.1 Å². The van der Waals surface area contributed by atoms with Gasteiger partial charge in [-0.3, -0.25) is 4.79 Å². The van der Waals surface area contributed by atoms with Gasteiger partial charge in [0, 0.05) is 34.2 Å². The molecule has 2 amide bonds. The SMILES string of the molecule is COc1ccc2[nH]c(OC(=O)NC(c3ccccc3)C(O)C(=O)Nc3ccc4c(N)nccc4c3)cc2c1. The molecule has 192 valence electrons. The Hall–Kier alpha value is -5.09. The number of anilines is 2. The summed E-state index contributed by atoms with van der Waals surface area (Å²) in [5.74, 6) is 0.526. The van der Waals surface area contributed by atoms with Crippen LogP contribution in [0.1, 0.15) is 11.6 Å². The molecule has 6 N–H and O–H groups in total. The lowest BCUT2D eigenvalue weighted by atomic mass is 10.0. The molecule has 2 aromatic heterocycles. The van der Waals surface area contributed by atoms with Crippen LogP contribution in [-0.2, 0) is 4.79 Å². The number of carbonyl (C=O) groups is 2. The Morgan fingerprint density at radius 3 is 2.61 bits per heavy atom. The number of aromatic nitrogens is 2. The molecule has 5 aromatic rings. The number of aliphatic hydroxyl groups is 1. The topological polar surface area (TPSA) is 152 Å². The molecule has 2 heterocycles. The maximum absolute atomic E-state index is 13.0. The van der Waals surface area contributed by atoms with Crippen molar-refractivity contribution in [3.8, 4) is 11.6 Å². The van der Waals surface area contributed by atoms with Crippen LogP contribution in [0, 0.1) is 0 Å². The zero-order valence-electron chi connectivity index (χ0n) is 20.3. The largest absolute Gasteiger partial charge is 0.497 e. The first kappa shape index (κ1) is 24.6. The normalized spacial score (nSPS) is 12.6. The summed E-state index contributed by atoms with van der Waals surface area (Å²) < 4.78 is 10.6. The summed E-state index contributed by atoms with van der Waals surface area (Å²) in [5, 5.41) is 18.6. The summed E-state index contributed by atoms with van der Waals surface area (Å²) >= 11 is 0. The molecular weight excluding hydrogens is 486 g/mol. The Labute approximate surface area is 217 Å². The predicted octanol–water partition coefficient (Wildman–Crippen LogP) is 4.14. The minimum atomic E-state index is -1.63. The lowest BCUT2D eigenvalue weighted by Crippen LogP contribution is -2.43. The molecule has 0 aliphatic carbocycles. The average molecular weight is 512 g/mol. The number of pyridine rings is 1. The van der Waals surface area contributed by atoms with E-state index in [0.717, 1.165) is 21.7 Å². The summed E-state index contributed by atoms with van der Waals surface area (Å²) in [6.07, 6.45) is -0.907. The number of hydrogen-bond acceptors (Lipinski definition) is 7. The maximum Gasteiger partial charge on any atom is 0.414 e. The summed E-state index contributed by atoms with van der Waals surface area (Å²) in [4.78, 5) is 32.9. The third kappa shape index (κ3) is 5.20. The third-order valence-corrected chi connectivity index (χ3v) is 6.09. The van der Waals surface area contributed by atoms with Gasteiger partial charge in [0.2, 0.25) is 5.88 Å². The minimum absolute atomic E-state index is 0.196. The molecule has 0 radical (unpaired) electrons. The second-order valence-corrected chi connectivity index (χ2v) is 8.58. The van der Waals surface area contributed by atoms with Crippen molar-refractivity contribution in [2.24, 2.45) is 0 Å². The fourth-order valence-corrected chi connectivity index (χ4v) is 4.17. The minimum Gasteiger partial charge on any atom is -0.497 e. The van der Waals surface area contributed by atoms with Gasteiger partial charge in [-0.15, -0.1) is 0 Å². The molecule has 0 saturated carbocycles. The molecule has 38 heavy (non-hydrogen) atoms. The molecule has 0 fully saturated rings. The van der Waals surface area contributed by atoms with Crippen molar-refractivity contribution < 1.29 is 24.2 Å². The highest BCUT2D eigenvalue weighted by molar-refractivity contribution is 5.99. The predicted molar refractivity (Wildman–Crippen MR) is 144 cm³/mol. The van der Waals surface area contributed by atoms with Crippen molar-refractivity contribution >= 4 is 45.2 Å². The first-order valence-electron chi connectivity index (χ1n) is 11.7. The van der Waals surface area contributed by atoms with Crippen molar-refractivity contribution in [2.75, 3.05) is 18.2 Å². The number of hydrogen-bond donors (Lipinski definition) is 5. The van der Waals surface area contributed by atoms with Gasteiger partial charge in [-0.25, -0.2) is 9.78 Å². The van der Waals surface area contributed by atoms with Crippen molar-refractivity contribution in [1.29, 1.82) is 0 Å². The lowest BCUT2D eigenvalue weighted by Gasteiger charge is -2.23. The number of H-pyrrole nitrogens is 1. The smallest absolute Gasteiger partial charge is 0.414 e. The van der Waals surface area contributed by atoms with Crippen LogP contribution >= 0.6 is 0 Å². The van der Waals surface area contributed by atoms with E-state index in [1.165, 1.54) is 0 Å². The molecular formula is C28H25N5O5. The van der Waals surface area contributed by atoms with E-state index in [4.69, 9.17) is 15.2 Å². The Balaban J connectivity index is 1.33. The average Bonchev–Trinajstić information content (AvgIpc) is 3.33. The Kier molecular flexibility index (Phi) is 6.79. The van der Waals surface area contributed by atoms with Crippen LogP contribution in [0.25, 0.3) is 21.7 Å². The van der Waals surface area contributed by atoms with Gasteiger partial charge >= 0.3 is 6.09 Å². The van der Waals surface area contributed by atoms with Gasteiger partial charge < -0.3 is 35.9 Å². The number of methoxy groups -OCH3 is 1. The van der Waals surface area contributed by atoms with Gasteiger partial charge in [0.25, 0.3) is 5.91 Å². The molecule has 2 unspecified atom stereocenters. The van der Waals surface area contributed by atoms with Gasteiger partial charge in [0.05, 0.1) is 13.2 Å². The number of nitrogens with two attached hydrogens (primary N) is 1. The zero-order valence-corrected chi connectivity index (χ0v) is 20.3. The molecule has 0 saturated heterocycles. The number of benzene rings is 3. The van der Waals surface area contributed by atoms with E-state index in [-0.39, 0.29) is 5.88 Å². The Morgan fingerprint density at radius 1 is 1.00 bits per heavy atom. The summed E-state index contributed by atoms with van der Waals surface area (Å²) in [6, 6.07) is 21.5. The number of nitrogens with one attached hydrogen (secondary N) is 3. The highest BCUT2D eigenvalue weighted by Crippen LogP contribution is 2.26. The number of aromatic amines is 1. The number of aliphatic hydroxyl groups excluding tert-OH is 1. The molecule has 10 heteroatoms. The van der Waals surface area contributed by atoms with Crippen LogP contribution < -0.4 is 25.8 Å². The molecule has 5 rings (SSSR count). The van der Waals surface area contributed by atoms with Gasteiger partial charge in [-0.05, 0) is 53.4 Å². The summed E-state index contributed by atoms with van der Waals surface area (Å²) in [6.45, 7) is 0. The fraction of sp³-hybridized carbons (Fsp3) is 0.107. The number of ether oxygens (including phenoxy) is 2. The fourth-order valence-electron chi connectivity index (χ4n) is 4.17. The third-order valence-electron chi connectivity index (χ3n) is 6.09. The number of nitrogens with zero attached hydrogens (tertiary/aromatic N) is 1. The van der Waals surface area contributed by atoms with E-state index >= 15 is 0 Å². The van der Waals surface area contributed by atoms with Crippen LogP contribution in [0.3, 0.4) is 0 Å². The number of rotatable bonds is 7. The van der Waals surface area contributed by atoms with Crippen molar-refractivity contribution in [3.63, 3.8) is 0 Å². The number of fused-ring (bicyclic) bond motifs is 2. The lowest BCUT2D eigenvalue weighted by molar-refractivity contribution is -0.125. The molecule has 0 aliphatic heterocycles. The molecule has 2 atom stereocenters. The van der Waals surface area contributed by atoms with Crippen molar-refractivity contribution in [3.05, 3.63) is 90.6 Å². The summed E-state index contributed by atoms with van der Waals surface area (Å²) in [5.41, 5.74) is 7.62. The van der Waals surface area contributed by atoms with E-state index in [0.29, 0.717) is 22.8 Å². The van der Waals surface area contributed by atoms with Crippen LogP contribution in [-0.4, -0.2) is 40.3 Å². The number of amides is 2. The van der Waals surface area contributed by atoms with Gasteiger partial charge in [0.1, 0.15) is 11.6 Å². The Bertz CT molecular complexity index is 1620. The standard InChI is InChI=1S/C28H25N5O5/c1-37-20-8-10-22-18(14-20)15-23(32-22)38-28(36)33-24(16-5-3-2-4-6-16)25(34)27(35)31-19-7-9-21-17(13-19)11-12-30-26(21)29/h2-15,24-25,32,34H,1H3,(H2,29,30)(H,31,35)(H,33,36). The van der Waals surface area contributed by atoms with Gasteiger partial charge in [0.15, 0.2) is 6.10 Å². The monoisotopic (exact) mass is 511 g/mol. The Morgan fingerprint density at radius 2 is 1.82 bits per heavy atom.